The molecule has 4 rings (SSSR count). The molecule has 3 N–H and O–H groups in total. The quantitative estimate of drug-likeness (QED) is 0.279. The van der Waals surface area contributed by atoms with E-state index in [2.05, 4.69) is 30.3 Å². The third-order valence-electron chi connectivity index (χ3n) is 5.00. The number of aromatic nitrogens is 4. The van der Waals surface area contributed by atoms with Crippen molar-refractivity contribution in [2.24, 2.45) is 7.05 Å². The van der Waals surface area contributed by atoms with E-state index < -0.39 is 15.8 Å². The average Bonchev–Trinajstić information content (AvgIpc) is 3.32. The number of ether oxygens (including phenoxy) is 3. The third-order valence-corrected chi connectivity index (χ3v) is 6.26. The molecule has 0 amide bonds. The van der Waals surface area contributed by atoms with E-state index in [-0.39, 0.29) is 22.5 Å². The van der Waals surface area contributed by atoms with Crippen molar-refractivity contribution >= 4 is 38.9 Å². The van der Waals surface area contributed by atoms with E-state index in [4.69, 9.17) is 14.2 Å². The average molecular weight is 530 g/mol. The SMILES string of the molecule is COc1cc(Nc2ncc(F)c(Nc3cccc(NS(=O)(=O)c4cn(C)cn4)c3)n2)cc(OC)c1OC. The van der Waals surface area contributed by atoms with E-state index in [1.807, 2.05) is 0 Å². The number of aryl methyl sites for hydroxylation is 1. The second kappa shape index (κ2) is 10.6. The smallest absolute Gasteiger partial charge is 0.280 e. The minimum Gasteiger partial charge on any atom is -0.493 e. The fourth-order valence-corrected chi connectivity index (χ4v) is 4.36. The molecule has 2 aromatic heterocycles. The molecule has 0 fully saturated rings. The minimum absolute atomic E-state index is 0.0881. The van der Waals surface area contributed by atoms with Crippen LogP contribution in [0.1, 0.15) is 0 Å². The highest BCUT2D eigenvalue weighted by atomic mass is 32.2. The number of imidazole rings is 1. The van der Waals surface area contributed by atoms with Crippen molar-refractivity contribution in [3.05, 3.63) is 60.9 Å². The topological polar surface area (TPSA) is 142 Å². The molecule has 2 heterocycles. The van der Waals surface area contributed by atoms with Gasteiger partial charge in [0.05, 0.1) is 39.5 Å². The maximum atomic E-state index is 14.5. The van der Waals surface area contributed by atoms with Gasteiger partial charge in [0.15, 0.2) is 28.2 Å². The van der Waals surface area contributed by atoms with E-state index in [1.165, 1.54) is 44.5 Å². The molecule has 0 atom stereocenters. The number of anilines is 5. The molecule has 0 radical (unpaired) electrons. The van der Waals surface area contributed by atoms with Crippen molar-refractivity contribution in [1.82, 2.24) is 19.5 Å². The van der Waals surface area contributed by atoms with Gasteiger partial charge in [-0.25, -0.2) is 14.4 Å². The van der Waals surface area contributed by atoms with Crippen molar-refractivity contribution in [2.45, 2.75) is 5.03 Å². The molecule has 12 nitrogen and oxygen atoms in total. The lowest BCUT2D eigenvalue weighted by atomic mass is 10.2. The number of rotatable bonds is 10. The van der Waals surface area contributed by atoms with Gasteiger partial charge >= 0.3 is 0 Å². The van der Waals surface area contributed by atoms with Crippen LogP contribution >= 0.6 is 0 Å². The lowest BCUT2D eigenvalue weighted by Crippen LogP contribution is -2.13. The first kappa shape index (κ1) is 25.5. The molecule has 4 aromatic rings. The van der Waals surface area contributed by atoms with E-state index >= 15 is 0 Å². The standard InChI is InChI=1S/C23H24FN7O5S/c1-31-12-20(26-13-31)37(32,33)30-15-7-5-6-14(8-15)27-22-17(24)11-25-23(29-22)28-16-9-18(34-2)21(36-4)19(10-16)35-3/h5-13,30H,1-4H3,(H2,25,27,28,29). The van der Waals surface area contributed by atoms with Gasteiger partial charge < -0.3 is 29.4 Å². The summed E-state index contributed by atoms with van der Waals surface area (Å²) in [5.41, 5.74) is 1.15. The predicted octanol–water partition coefficient (Wildman–Crippen LogP) is 3.66. The fraction of sp³-hybridized carbons (Fsp3) is 0.174. The summed E-state index contributed by atoms with van der Waals surface area (Å²) in [5.74, 6) is 0.482. The highest BCUT2D eigenvalue weighted by Gasteiger charge is 2.18. The van der Waals surface area contributed by atoms with E-state index in [9.17, 15) is 12.8 Å². The molecular weight excluding hydrogens is 505 g/mol. The molecule has 0 spiro atoms. The van der Waals surface area contributed by atoms with Crippen LogP contribution in [0.3, 0.4) is 0 Å². The van der Waals surface area contributed by atoms with Gasteiger partial charge in [0.1, 0.15) is 0 Å². The highest BCUT2D eigenvalue weighted by Crippen LogP contribution is 2.40. The van der Waals surface area contributed by atoms with Crippen molar-refractivity contribution in [1.29, 1.82) is 0 Å². The molecule has 0 unspecified atom stereocenters. The van der Waals surface area contributed by atoms with Crippen LogP contribution in [-0.2, 0) is 17.1 Å². The van der Waals surface area contributed by atoms with Crippen LogP contribution in [0, 0.1) is 5.82 Å². The first-order chi connectivity index (χ1) is 17.7. The molecule has 14 heteroatoms. The maximum absolute atomic E-state index is 14.5. The van der Waals surface area contributed by atoms with Crippen LogP contribution < -0.4 is 29.6 Å². The Kier molecular flexibility index (Phi) is 7.29. The number of halogens is 1. The van der Waals surface area contributed by atoms with Crippen molar-refractivity contribution < 1.29 is 27.0 Å². The Morgan fingerprint density at radius 2 is 1.62 bits per heavy atom. The summed E-state index contributed by atoms with van der Waals surface area (Å²) in [7, 11) is 2.24. The Balaban J connectivity index is 1.55. The molecule has 0 saturated heterocycles. The first-order valence-electron chi connectivity index (χ1n) is 10.7. The Hall–Kier alpha value is -4.59. The number of hydrogen-bond donors (Lipinski definition) is 3. The number of hydrogen-bond acceptors (Lipinski definition) is 10. The van der Waals surface area contributed by atoms with E-state index in [0.29, 0.717) is 28.6 Å². The Labute approximate surface area is 212 Å². The highest BCUT2D eigenvalue weighted by molar-refractivity contribution is 7.92. The van der Waals surface area contributed by atoms with Crippen LogP contribution in [-0.4, -0.2) is 49.3 Å². The first-order valence-corrected chi connectivity index (χ1v) is 12.2. The zero-order chi connectivity index (χ0) is 26.6. The van der Waals surface area contributed by atoms with Crippen LogP contribution in [0.4, 0.5) is 33.2 Å². The summed E-state index contributed by atoms with van der Waals surface area (Å²) < 4.78 is 59.6. The van der Waals surface area contributed by atoms with Crippen molar-refractivity contribution in [2.75, 3.05) is 36.7 Å². The molecular formula is C23H24FN7O5S. The Morgan fingerprint density at radius 1 is 0.919 bits per heavy atom. The summed E-state index contributed by atoms with van der Waals surface area (Å²) in [6, 6.07) is 9.59. The molecule has 0 bridgehead atoms. The van der Waals surface area contributed by atoms with Gasteiger partial charge in [0.25, 0.3) is 10.0 Å². The van der Waals surface area contributed by atoms with Gasteiger partial charge in [0, 0.05) is 36.8 Å². The fourth-order valence-electron chi connectivity index (χ4n) is 3.33. The summed E-state index contributed by atoms with van der Waals surface area (Å²) in [6.07, 6.45) is 3.76. The van der Waals surface area contributed by atoms with Crippen LogP contribution in [0.5, 0.6) is 17.2 Å². The van der Waals surface area contributed by atoms with Crippen LogP contribution in [0.15, 0.2) is 60.1 Å². The normalized spacial score (nSPS) is 11.1. The van der Waals surface area contributed by atoms with Crippen LogP contribution in [0.25, 0.3) is 0 Å². The summed E-state index contributed by atoms with van der Waals surface area (Å²) >= 11 is 0. The van der Waals surface area contributed by atoms with Gasteiger partial charge in [-0.15, -0.1) is 0 Å². The zero-order valence-corrected chi connectivity index (χ0v) is 21.1. The van der Waals surface area contributed by atoms with Crippen molar-refractivity contribution in [3.63, 3.8) is 0 Å². The number of methoxy groups -OCH3 is 3. The molecule has 194 valence electrons. The number of benzene rings is 2. The summed E-state index contributed by atoms with van der Waals surface area (Å²) in [6.45, 7) is 0. The van der Waals surface area contributed by atoms with Gasteiger partial charge in [-0.2, -0.15) is 13.4 Å². The Morgan fingerprint density at radius 3 is 2.24 bits per heavy atom. The maximum Gasteiger partial charge on any atom is 0.280 e. The zero-order valence-electron chi connectivity index (χ0n) is 20.3. The van der Waals surface area contributed by atoms with Crippen LogP contribution in [0.2, 0.25) is 0 Å². The molecule has 37 heavy (non-hydrogen) atoms. The molecule has 0 aliphatic heterocycles. The third kappa shape index (κ3) is 5.81. The van der Waals surface area contributed by atoms with Crippen molar-refractivity contribution in [3.8, 4) is 17.2 Å². The predicted molar refractivity (Wildman–Crippen MR) is 135 cm³/mol. The number of nitrogens with one attached hydrogen (secondary N) is 3. The second-order valence-corrected chi connectivity index (χ2v) is 9.25. The van der Waals surface area contributed by atoms with Gasteiger partial charge in [-0.05, 0) is 18.2 Å². The van der Waals surface area contributed by atoms with Gasteiger partial charge in [-0.3, -0.25) is 4.72 Å². The molecule has 2 aromatic carbocycles. The van der Waals surface area contributed by atoms with E-state index in [1.54, 1.807) is 37.4 Å². The summed E-state index contributed by atoms with van der Waals surface area (Å²) in [5, 5.41) is 5.69. The van der Waals surface area contributed by atoms with Gasteiger partial charge in [0.2, 0.25) is 11.7 Å². The van der Waals surface area contributed by atoms with Gasteiger partial charge in [-0.1, -0.05) is 6.07 Å². The number of sulfonamides is 1. The lowest BCUT2D eigenvalue weighted by molar-refractivity contribution is 0.324. The second-order valence-electron chi connectivity index (χ2n) is 7.62. The molecule has 0 aliphatic rings. The monoisotopic (exact) mass is 529 g/mol. The summed E-state index contributed by atoms with van der Waals surface area (Å²) in [4.78, 5) is 12.0. The van der Waals surface area contributed by atoms with E-state index in [0.717, 1.165) is 6.20 Å². The molecule has 0 aliphatic carbocycles. The Bertz CT molecular complexity index is 1500. The molecule has 0 saturated carbocycles. The number of nitrogens with zero attached hydrogens (tertiary/aromatic N) is 4. The largest absolute Gasteiger partial charge is 0.493 e. The lowest BCUT2D eigenvalue weighted by Gasteiger charge is -2.15. The minimum atomic E-state index is -3.90.